The van der Waals surface area contributed by atoms with Gasteiger partial charge in [0.15, 0.2) is 5.76 Å². The summed E-state index contributed by atoms with van der Waals surface area (Å²) < 4.78 is 5.55. The van der Waals surface area contributed by atoms with Crippen molar-refractivity contribution in [1.82, 2.24) is 0 Å². The van der Waals surface area contributed by atoms with Crippen LogP contribution in [0.3, 0.4) is 0 Å². The molecule has 4 aliphatic carbocycles. The lowest BCUT2D eigenvalue weighted by Crippen LogP contribution is -2.47. The average molecular weight is 244 g/mol. The molecule has 0 atom stereocenters. The van der Waals surface area contributed by atoms with E-state index in [1.54, 1.807) is 0 Å². The van der Waals surface area contributed by atoms with E-state index in [2.05, 4.69) is 0 Å². The second-order valence-corrected chi connectivity index (χ2v) is 6.73. The molecule has 4 aliphatic rings. The first-order valence-electron chi connectivity index (χ1n) is 7.31. The summed E-state index contributed by atoms with van der Waals surface area (Å²) in [6.45, 7) is 1.91. The molecule has 1 aromatic rings. The number of hydrogen-bond acceptors (Lipinski definition) is 2. The van der Waals surface area contributed by atoms with Gasteiger partial charge in [0.1, 0.15) is 5.76 Å². The van der Waals surface area contributed by atoms with E-state index >= 15 is 0 Å². The fraction of sp³-hybridized carbons (Fsp3) is 0.688. The number of rotatable bonds is 2. The molecule has 4 fully saturated rings. The normalized spacial score (nSPS) is 41.3. The van der Waals surface area contributed by atoms with Crippen molar-refractivity contribution in [3.8, 4) is 0 Å². The van der Waals surface area contributed by atoms with Gasteiger partial charge in [-0.15, -0.1) is 0 Å². The molecule has 0 saturated heterocycles. The van der Waals surface area contributed by atoms with Crippen LogP contribution >= 0.6 is 0 Å². The molecular formula is C16H20O2. The van der Waals surface area contributed by atoms with Gasteiger partial charge in [0.2, 0.25) is 5.78 Å². The van der Waals surface area contributed by atoms with E-state index < -0.39 is 0 Å². The first-order valence-corrected chi connectivity index (χ1v) is 7.31. The lowest BCUT2D eigenvalue weighted by atomic mass is 9.51. The lowest BCUT2D eigenvalue weighted by molar-refractivity contribution is -0.0261. The fourth-order valence-corrected chi connectivity index (χ4v) is 5.08. The number of aryl methyl sites for hydroxylation is 1. The van der Waals surface area contributed by atoms with Gasteiger partial charge < -0.3 is 4.42 Å². The van der Waals surface area contributed by atoms with Gasteiger partial charge in [0, 0.05) is 5.92 Å². The molecule has 1 heterocycles. The van der Waals surface area contributed by atoms with E-state index in [1.165, 1.54) is 32.1 Å². The molecule has 5 rings (SSSR count). The molecule has 18 heavy (non-hydrogen) atoms. The molecule has 0 amide bonds. The third kappa shape index (κ3) is 1.51. The molecule has 2 nitrogen and oxygen atoms in total. The molecular weight excluding hydrogens is 224 g/mol. The van der Waals surface area contributed by atoms with E-state index in [0.717, 1.165) is 17.6 Å². The second kappa shape index (κ2) is 3.72. The number of ketones is 1. The predicted octanol–water partition coefficient (Wildman–Crippen LogP) is 3.84. The molecule has 0 aromatic carbocycles. The Bertz CT molecular complexity index is 457. The van der Waals surface area contributed by atoms with Gasteiger partial charge >= 0.3 is 0 Å². The van der Waals surface area contributed by atoms with E-state index in [1.807, 2.05) is 19.1 Å². The van der Waals surface area contributed by atoms with E-state index in [0.29, 0.717) is 17.6 Å². The first kappa shape index (κ1) is 10.8. The van der Waals surface area contributed by atoms with Gasteiger partial charge in [-0.3, -0.25) is 4.79 Å². The third-order valence-corrected chi connectivity index (χ3v) is 5.51. The van der Waals surface area contributed by atoms with Crippen LogP contribution in [-0.2, 0) is 0 Å². The Kier molecular flexibility index (Phi) is 2.24. The van der Waals surface area contributed by atoms with Crippen molar-refractivity contribution in [3.63, 3.8) is 0 Å². The van der Waals surface area contributed by atoms with Crippen LogP contribution in [0.5, 0.6) is 0 Å². The van der Waals surface area contributed by atoms with Crippen LogP contribution in [-0.4, -0.2) is 5.78 Å². The molecule has 0 aliphatic heterocycles. The minimum absolute atomic E-state index is 0.267. The van der Waals surface area contributed by atoms with Crippen LogP contribution in [0.2, 0.25) is 0 Å². The summed E-state index contributed by atoms with van der Waals surface area (Å²) in [7, 11) is 0. The van der Waals surface area contributed by atoms with E-state index in [4.69, 9.17) is 4.42 Å². The zero-order chi connectivity index (χ0) is 12.3. The molecule has 2 heteroatoms. The Hall–Kier alpha value is -1.05. The maximum Gasteiger partial charge on any atom is 0.201 e. The zero-order valence-corrected chi connectivity index (χ0v) is 10.9. The van der Waals surface area contributed by atoms with Gasteiger partial charge in [-0.25, -0.2) is 0 Å². The Morgan fingerprint density at radius 1 is 1.06 bits per heavy atom. The van der Waals surface area contributed by atoms with E-state index in [9.17, 15) is 4.79 Å². The summed E-state index contributed by atoms with van der Waals surface area (Å²) in [5, 5.41) is 0. The highest BCUT2D eigenvalue weighted by atomic mass is 16.3. The average Bonchev–Trinajstić information content (AvgIpc) is 2.74. The lowest BCUT2D eigenvalue weighted by Gasteiger charge is -2.53. The summed E-state index contributed by atoms with van der Waals surface area (Å²) in [6.07, 6.45) is 6.62. The summed E-state index contributed by atoms with van der Waals surface area (Å²) >= 11 is 0. The van der Waals surface area contributed by atoms with Crippen molar-refractivity contribution < 1.29 is 9.21 Å². The summed E-state index contributed by atoms with van der Waals surface area (Å²) in [5.74, 6) is 5.16. The van der Waals surface area contributed by atoms with E-state index in [-0.39, 0.29) is 11.7 Å². The van der Waals surface area contributed by atoms with Crippen LogP contribution in [0.15, 0.2) is 16.5 Å². The van der Waals surface area contributed by atoms with Crippen molar-refractivity contribution in [1.29, 1.82) is 0 Å². The molecule has 4 saturated carbocycles. The molecule has 4 bridgehead atoms. The van der Waals surface area contributed by atoms with Crippen molar-refractivity contribution in [2.24, 2.45) is 29.6 Å². The standard InChI is InChI=1S/C16H20O2/c1-9-2-3-14(18-9)16(17)15-12-5-10-4-11(7-12)8-13(15)6-10/h2-3,10-13,15H,4-8H2,1H3. The molecule has 0 spiro atoms. The van der Waals surface area contributed by atoms with Crippen LogP contribution in [0.25, 0.3) is 0 Å². The molecule has 96 valence electrons. The minimum Gasteiger partial charge on any atom is -0.458 e. The van der Waals surface area contributed by atoms with Crippen LogP contribution in [0, 0.1) is 36.5 Å². The van der Waals surface area contributed by atoms with Crippen LogP contribution in [0.4, 0.5) is 0 Å². The number of hydrogen-bond donors (Lipinski definition) is 0. The SMILES string of the molecule is Cc1ccc(C(=O)C2C3CC4CC(C3)CC2C4)o1. The number of furan rings is 1. The Morgan fingerprint density at radius 2 is 1.67 bits per heavy atom. The topological polar surface area (TPSA) is 30.2 Å². The van der Waals surface area contributed by atoms with Gasteiger partial charge in [0.25, 0.3) is 0 Å². The molecule has 1 aromatic heterocycles. The monoisotopic (exact) mass is 244 g/mol. The van der Waals surface area contributed by atoms with Crippen LogP contribution < -0.4 is 0 Å². The van der Waals surface area contributed by atoms with Crippen LogP contribution in [0.1, 0.15) is 48.4 Å². The molecule has 0 unspecified atom stereocenters. The maximum atomic E-state index is 12.7. The largest absolute Gasteiger partial charge is 0.458 e. The highest BCUT2D eigenvalue weighted by molar-refractivity contribution is 5.96. The highest BCUT2D eigenvalue weighted by Gasteiger charge is 2.51. The van der Waals surface area contributed by atoms with Gasteiger partial charge in [0.05, 0.1) is 0 Å². The van der Waals surface area contributed by atoms with Gasteiger partial charge in [-0.1, -0.05) is 0 Å². The van der Waals surface area contributed by atoms with Gasteiger partial charge in [-0.05, 0) is 74.8 Å². The fourth-order valence-electron chi connectivity index (χ4n) is 5.08. The van der Waals surface area contributed by atoms with Crippen molar-refractivity contribution in [2.75, 3.05) is 0 Å². The highest BCUT2D eigenvalue weighted by Crippen LogP contribution is 2.57. The molecule has 0 N–H and O–H groups in total. The number of carbonyl (C=O) groups excluding carboxylic acids is 1. The Balaban J connectivity index is 1.63. The maximum absolute atomic E-state index is 12.7. The number of carbonyl (C=O) groups is 1. The quantitative estimate of drug-likeness (QED) is 0.740. The third-order valence-electron chi connectivity index (χ3n) is 5.51. The molecule has 0 radical (unpaired) electrons. The predicted molar refractivity (Wildman–Crippen MR) is 68.3 cm³/mol. The second-order valence-electron chi connectivity index (χ2n) is 6.73. The smallest absolute Gasteiger partial charge is 0.201 e. The van der Waals surface area contributed by atoms with Crippen molar-refractivity contribution in [2.45, 2.75) is 39.0 Å². The number of Topliss-reactive ketones (excluding diaryl/α,β-unsaturated/α-hetero) is 1. The Labute approximate surface area is 108 Å². The summed E-state index contributed by atoms with van der Waals surface area (Å²) in [5.41, 5.74) is 0. The minimum atomic E-state index is 0.267. The van der Waals surface area contributed by atoms with Crippen molar-refractivity contribution in [3.05, 3.63) is 23.7 Å². The first-order chi connectivity index (χ1) is 8.70. The zero-order valence-electron chi connectivity index (χ0n) is 10.9. The van der Waals surface area contributed by atoms with Crippen molar-refractivity contribution >= 4 is 5.78 Å². The summed E-state index contributed by atoms with van der Waals surface area (Å²) in [4.78, 5) is 12.7. The summed E-state index contributed by atoms with van der Waals surface area (Å²) in [6, 6.07) is 3.77. The van der Waals surface area contributed by atoms with Gasteiger partial charge in [-0.2, -0.15) is 0 Å². The Morgan fingerprint density at radius 3 is 2.17 bits per heavy atom.